The zero-order valence-corrected chi connectivity index (χ0v) is 10.8. The van der Waals surface area contributed by atoms with E-state index in [1.165, 1.54) is 13.8 Å². The predicted molar refractivity (Wildman–Crippen MR) is 59.5 cm³/mol. The van der Waals surface area contributed by atoms with E-state index in [1.807, 2.05) is 13.8 Å². The molecule has 0 saturated carbocycles. The van der Waals surface area contributed by atoms with E-state index in [-0.39, 0.29) is 11.7 Å². The van der Waals surface area contributed by atoms with Crippen molar-refractivity contribution in [2.45, 2.75) is 39.9 Å². The lowest BCUT2D eigenvalue weighted by Crippen LogP contribution is -2.37. The molecule has 0 aromatic rings. The molecule has 5 heteroatoms. The zero-order chi connectivity index (χ0) is 12.4. The highest BCUT2D eigenvalue weighted by Gasteiger charge is 2.36. The summed E-state index contributed by atoms with van der Waals surface area (Å²) in [4.78, 5) is 10.8. The molecule has 0 saturated heterocycles. The van der Waals surface area contributed by atoms with Crippen LogP contribution in [0.1, 0.15) is 34.6 Å². The van der Waals surface area contributed by atoms with Gasteiger partial charge in [-0.15, -0.1) is 0 Å². The van der Waals surface area contributed by atoms with E-state index >= 15 is 0 Å². The number of carbonyl (C=O) groups is 1. The lowest BCUT2D eigenvalue weighted by atomic mass is 9.97. The molecular weight excluding hydrogens is 216 g/mol. The third-order valence-corrected chi connectivity index (χ3v) is 5.45. The molecule has 0 amide bonds. The molecule has 0 aliphatic rings. The second kappa shape index (κ2) is 4.51. The number of hydrogen-bond acceptors (Lipinski definition) is 3. The van der Waals surface area contributed by atoms with Crippen molar-refractivity contribution >= 4 is 15.8 Å². The molecule has 1 atom stereocenters. The van der Waals surface area contributed by atoms with Gasteiger partial charge < -0.3 is 5.11 Å². The van der Waals surface area contributed by atoms with Crippen molar-refractivity contribution in [3.05, 3.63) is 0 Å². The fourth-order valence-electron chi connectivity index (χ4n) is 1.11. The topological polar surface area (TPSA) is 71.4 Å². The molecule has 1 unspecified atom stereocenters. The first-order valence-corrected chi connectivity index (χ1v) is 6.67. The van der Waals surface area contributed by atoms with Crippen LogP contribution in [0, 0.1) is 11.3 Å². The SMILES string of the molecule is CC(C)C(C)S(=O)(=O)CC(C)(C)C(=O)O. The van der Waals surface area contributed by atoms with Crippen LogP contribution in [0.25, 0.3) is 0 Å². The standard InChI is InChI=1S/C10H20O4S/c1-7(2)8(3)15(13,14)6-10(4,5)9(11)12/h7-8H,6H2,1-5H3,(H,11,12). The Bertz CT molecular complexity index is 327. The summed E-state index contributed by atoms with van der Waals surface area (Å²) in [7, 11) is -3.34. The summed E-state index contributed by atoms with van der Waals surface area (Å²) in [5.74, 6) is -1.39. The molecule has 0 aromatic carbocycles. The van der Waals surface area contributed by atoms with Crippen molar-refractivity contribution in [3.8, 4) is 0 Å². The second-order valence-electron chi connectivity index (χ2n) is 4.95. The van der Waals surface area contributed by atoms with E-state index in [0.29, 0.717) is 0 Å². The van der Waals surface area contributed by atoms with Crippen LogP contribution in [0.2, 0.25) is 0 Å². The Hall–Kier alpha value is -0.580. The molecule has 0 heterocycles. The highest BCUT2D eigenvalue weighted by Crippen LogP contribution is 2.23. The van der Waals surface area contributed by atoms with Gasteiger partial charge in [0.05, 0.1) is 16.4 Å². The van der Waals surface area contributed by atoms with Crippen LogP contribution in [0.15, 0.2) is 0 Å². The molecule has 90 valence electrons. The molecule has 0 spiro atoms. The molecule has 0 fully saturated rings. The Kier molecular flexibility index (Phi) is 4.34. The predicted octanol–water partition coefficient (Wildman–Crippen LogP) is 1.56. The molecule has 0 aromatic heterocycles. The van der Waals surface area contributed by atoms with Crippen molar-refractivity contribution < 1.29 is 18.3 Å². The Morgan fingerprint density at radius 3 is 1.93 bits per heavy atom. The van der Waals surface area contributed by atoms with Gasteiger partial charge in [0.1, 0.15) is 0 Å². The molecule has 0 aliphatic carbocycles. The van der Waals surface area contributed by atoms with Crippen molar-refractivity contribution in [1.82, 2.24) is 0 Å². The van der Waals surface area contributed by atoms with Gasteiger partial charge in [-0.05, 0) is 26.7 Å². The van der Waals surface area contributed by atoms with Crippen LogP contribution in [-0.4, -0.2) is 30.5 Å². The van der Waals surface area contributed by atoms with Crippen LogP contribution in [0.5, 0.6) is 0 Å². The van der Waals surface area contributed by atoms with Crippen LogP contribution in [-0.2, 0) is 14.6 Å². The molecule has 0 rings (SSSR count). The molecule has 4 nitrogen and oxygen atoms in total. The maximum Gasteiger partial charge on any atom is 0.310 e. The largest absolute Gasteiger partial charge is 0.481 e. The molecule has 1 N–H and O–H groups in total. The lowest BCUT2D eigenvalue weighted by molar-refractivity contribution is -0.145. The highest BCUT2D eigenvalue weighted by molar-refractivity contribution is 7.92. The first kappa shape index (κ1) is 14.4. The molecule has 15 heavy (non-hydrogen) atoms. The third-order valence-electron chi connectivity index (χ3n) is 2.65. The lowest BCUT2D eigenvalue weighted by Gasteiger charge is -2.23. The van der Waals surface area contributed by atoms with Gasteiger partial charge in [0.25, 0.3) is 0 Å². The first-order chi connectivity index (χ1) is 6.50. The normalized spacial score (nSPS) is 15.3. The number of rotatable bonds is 5. The van der Waals surface area contributed by atoms with Gasteiger partial charge in [-0.25, -0.2) is 8.42 Å². The number of sulfone groups is 1. The number of carboxylic acid groups (broad SMARTS) is 1. The summed E-state index contributed by atoms with van der Waals surface area (Å²) in [6, 6.07) is 0. The molecule has 0 aliphatic heterocycles. The van der Waals surface area contributed by atoms with E-state index in [0.717, 1.165) is 0 Å². The van der Waals surface area contributed by atoms with Gasteiger partial charge in [0.2, 0.25) is 0 Å². The molecular formula is C10H20O4S. The smallest absolute Gasteiger partial charge is 0.310 e. The monoisotopic (exact) mass is 236 g/mol. The highest BCUT2D eigenvalue weighted by atomic mass is 32.2. The van der Waals surface area contributed by atoms with Crippen LogP contribution < -0.4 is 0 Å². The molecule has 0 radical (unpaired) electrons. The third kappa shape index (κ3) is 3.81. The Morgan fingerprint density at radius 1 is 1.27 bits per heavy atom. The zero-order valence-electron chi connectivity index (χ0n) is 9.94. The minimum Gasteiger partial charge on any atom is -0.481 e. The van der Waals surface area contributed by atoms with Gasteiger partial charge in [-0.2, -0.15) is 0 Å². The van der Waals surface area contributed by atoms with Crippen molar-refractivity contribution in [3.63, 3.8) is 0 Å². The summed E-state index contributed by atoms with van der Waals surface area (Å²) in [5, 5.41) is 8.36. The van der Waals surface area contributed by atoms with Gasteiger partial charge in [0.15, 0.2) is 9.84 Å². The van der Waals surface area contributed by atoms with E-state index in [2.05, 4.69) is 0 Å². The summed E-state index contributed by atoms with van der Waals surface area (Å²) in [6.45, 7) is 8.11. The van der Waals surface area contributed by atoms with Gasteiger partial charge in [0, 0.05) is 0 Å². The summed E-state index contributed by atoms with van der Waals surface area (Å²) in [5.41, 5.74) is -1.22. The summed E-state index contributed by atoms with van der Waals surface area (Å²) < 4.78 is 23.7. The Balaban J connectivity index is 4.89. The molecule has 0 bridgehead atoms. The number of hydrogen-bond donors (Lipinski definition) is 1. The average Bonchev–Trinajstić information content (AvgIpc) is 2.00. The van der Waals surface area contributed by atoms with E-state index in [1.54, 1.807) is 6.92 Å². The summed E-state index contributed by atoms with van der Waals surface area (Å²) >= 11 is 0. The fraction of sp³-hybridized carbons (Fsp3) is 0.900. The van der Waals surface area contributed by atoms with Crippen molar-refractivity contribution in [2.24, 2.45) is 11.3 Å². The summed E-state index contributed by atoms with van der Waals surface area (Å²) in [6.07, 6.45) is 0. The fourth-order valence-corrected chi connectivity index (χ4v) is 3.33. The van der Waals surface area contributed by atoms with Gasteiger partial charge >= 0.3 is 5.97 Å². The second-order valence-corrected chi connectivity index (χ2v) is 7.30. The first-order valence-electron chi connectivity index (χ1n) is 4.95. The van der Waals surface area contributed by atoms with Crippen molar-refractivity contribution in [2.75, 3.05) is 5.75 Å². The van der Waals surface area contributed by atoms with Gasteiger partial charge in [-0.1, -0.05) is 13.8 Å². The quantitative estimate of drug-likeness (QED) is 0.786. The van der Waals surface area contributed by atoms with Crippen LogP contribution in [0.3, 0.4) is 0 Å². The number of carboxylic acids is 1. The van der Waals surface area contributed by atoms with Crippen molar-refractivity contribution in [1.29, 1.82) is 0 Å². The maximum absolute atomic E-state index is 11.8. The number of aliphatic carboxylic acids is 1. The van der Waals surface area contributed by atoms with E-state index < -0.39 is 26.5 Å². The Labute approximate surface area is 91.6 Å². The van der Waals surface area contributed by atoms with Crippen LogP contribution >= 0.6 is 0 Å². The van der Waals surface area contributed by atoms with E-state index in [9.17, 15) is 13.2 Å². The average molecular weight is 236 g/mol. The minimum absolute atomic E-state index is 0.000375. The Morgan fingerprint density at radius 2 is 1.67 bits per heavy atom. The van der Waals surface area contributed by atoms with Gasteiger partial charge in [-0.3, -0.25) is 4.79 Å². The van der Waals surface area contributed by atoms with Crippen LogP contribution in [0.4, 0.5) is 0 Å². The van der Waals surface area contributed by atoms with E-state index in [4.69, 9.17) is 5.11 Å². The maximum atomic E-state index is 11.8. The minimum atomic E-state index is -3.34.